The molecule has 2 aromatic rings. The molecule has 4 N–H and O–H groups in total. The second kappa shape index (κ2) is 50.2. The van der Waals surface area contributed by atoms with Crippen LogP contribution in [0.3, 0.4) is 0 Å². The molecule has 1 saturated heterocycles. The molecule has 3 unspecified atom stereocenters. The van der Waals surface area contributed by atoms with Crippen LogP contribution in [0, 0.1) is 48.7 Å². The first-order chi connectivity index (χ1) is 46.4. The molecule has 3 rings (SSSR count). The minimum atomic E-state index is -1.02. The molecule has 1 fully saturated rings. The number of carboxylic acids is 2. The van der Waals surface area contributed by atoms with Crippen molar-refractivity contribution in [2.24, 2.45) is 48.7 Å². The van der Waals surface area contributed by atoms with Crippen LogP contribution < -0.4 is 0 Å². The summed E-state index contributed by atoms with van der Waals surface area (Å²) in [5.74, 6) is -3.71. The van der Waals surface area contributed by atoms with Crippen LogP contribution in [0.15, 0.2) is 72.8 Å². The standard InChI is InChI=1S/C13H22O5.2C13H18O2.C12H20O5.C8H16O3.C7H14O2.2C6H12O2/c1-6-13(4,5)12(16)18-8-10(14)7-17-11(15)9(2)3;2*1-4-13(2,3)12(14)15-10-11-8-6-5-7-9-11;1-5-12(10(14)16-4)6-11(2,7-17-8-12)9(13)15-3;1-4-8(2,3)7(10)11-6-5-9;1-5-7(2,3)6(8)9-4;2*1-4-6(2,3)5(7)8/h10,14H,2,6-8H2,1,3-5H3;2*5-9H,4,10H2,1-3H3;5-8H2,1-4H3;9H,4-6H2,1-3H3;5H2,1-4H3;2*4H2,1-3H3,(H,7,8). The number of carbonyl (C=O) groups excluding carboxylic acids is 8. The molecule has 0 spiro atoms. The summed E-state index contributed by atoms with van der Waals surface area (Å²) >= 11 is 0. The van der Waals surface area contributed by atoms with Crippen LogP contribution in [0.4, 0.5) is 0 Å². The number of ether oxygens (including phenoxy) is 9. The molecule has 1 aliphatic rings. The van der Waals surface area contributed by atoms with Crippen molar-refractivity contribution in [2.75, 3.05) is 61.0 Å². The van der Waals surface area contributed by atoms with Gasteiger partial charge in [0.05, 0.1) is 89.9 Å². The number of methoxy groups -OCH3 is 3. The molecule has 2 aromatic carbocycles. The van der Waals surface area contributed by atoms with Crippen molar-refractivity contribution in [1.29, 1.82) is 0 Å². The van der Waals surface area contributed by atoms with Crippen LogP contribution in [-0.4, -0.2) is 147 Å². The highest BCUT2D eigenvalue weighted by Gasteiger charge is 2.52. The second-order valence-corrected chi connectivity index (χ2v) is 29.2. The number of aliphatic hydroxyl groups excluding tert-OH is 2. The van der Waals surface area contributed by atoms with Crippen LogP contribution in [0.5, 0.6) is 0 Å². The molecule has 3 atom stereocenters. The van der Waals surface area contributed by atoms with Crippen LogP contribution in [0.1, 0.15) is 235 Å². The first-order valence-corrected chi connectivity index (χ1v) is 34.5. The van der Waals surface area contributed by atoms with Crippen LogP contribution in [0.25, 0.3) is 0 Å². The number of hydrogen-bond donors (Lipinski definition) is 4. The Morgan fingerprint density at radius 1 is 0.465 bits per heavy atom. The molecule has 101 heavy (non-hydrogen) atoms. The Hall–Kier alpha value is -7.24. The van der Waals surface area contributed by atoms with Crippen molar-refractivity contribution < 1.29 is 111 Å². The summed E-state index contributed by atoms with van der Waals surface area (Å²) in [6, 6.07) is 19.4. The summed E-state index contributed by atoms with van der Waals surface area (Å²) in [6.45, 7) is 48.4. The van der Waals surface area contributed by atoms with Crippen molar-refractivity contribution in [3.63, 3.8) is 0 Å². The van der Waals surface area contributed by atoms with Gasteiger partial charge in [-0.05, 0) is 180 Å². The van der Waals surface area contributed by atoms with Crippen LogP contribution in [0.2, 0.25) is 0 Å². The maximum Gasteiger partial charge on any atom is 0.333 e. The Balaban J connectivity index is -0.000000353. The first-order valence-electron chi connectivity index (χ1n) is 34.5. The van der Waals surface area contributed by atoms with Gasteiger partial charge in [-0.2, -0.15) is 0 Å². The van der Waals surface area contributed by atoms with Gasteiger partial charge in [0, 0.05) is 5.57 Å². The van der Waals surface area contributed by atoms with E-state index < -0.39 is 56.5 Å². The van der Waals surface area contributed by atoms with Crippen LogP contribution >= 0.6 is 0 Å². The van der Waals surface area contributed by atoms with Gasteiger partial charge >= 0.3 is 59.7 Å². The minimum absolute atomic E-state index is 0.0995. The third kappa shape index (κ3) is 42.1. The summed E-state index contributed by atoms with van der Waals surface area (Å²) in [5, 5.41) is 34.7. The second-order valence-electron chi connectivity index (χ2n) is 29.2. The lowest BCUT2D eigenvalue weighted by Gasteiger charge is -2.42. The van der Waals surface area contributed by atoms with Gasteiger partial charge < -0.3 is 63.1 Å². The molecular weight excluding hydrogens is 1300 g/mol. The van der Waals surface area contributed by atoms with Gasteiger partial charge in [0.1, 0.15) is 39.1 Å². The molecule has 0 saturated carbocycles. The third-order valence-electron chi connectivity index (χ3n) is 17.7. The Morgan fingerprint density at radius 3 is 1.05 bits per heavy atom. The monoisotopic (exact) mass is 1440 g/mol. The van der Waals surface area contributed by atoms with E-state index in [9.17, 15) is 53.1 Å². The molecule has 0 radical (unpaired) electrons. The summed E-state index contributed by atoms with van der Waals surface area (Å²) in [7, 11) is 4.11. The van der Waals surface area contributed by atoms with E-state index in [4.69, 9.17) is 53.2 Å². The Bertz CT molecular complexity index is 2670. The van der Waals surface area contributed by atoms with E-state index in [0.717, 1.165) is 36.8 Å². The lowest BCUT2D eigenvalue weighted by molar-refractivity contribution is -0.181. The third-order valence-corrected chi connectivity index (χ3v) is 17.7. The molecule has 582 valence electrons. The average molecular weight is 1440 g/mol. The predicted octanol–water partition coefficient (Wildman–Crippen LogP) is 14.5. The smallest absolute Gasteiger partial charge is 0.333 e. The van der Waals surface area contributed by atoms with E-state index in [2.05, 4.69) is 11.3 Å². The fourth-order valence-electron chi connectivity index (χ4n) is 6.60. The zero-order valence-corrected chi connectivity index (χ0v) is 66.6. The lowest BCUT2D eigenvalue weighted by Crippen LogP contribution is -2.50. The maximum atomic E-state index is 11.9. The summed E-state index contributed by atoms with van der Waals surface area (Å²) in [5.41, 5.74) is -2.36. The van der Waals surface area contributed by atoms with Gasteiger partial charge in [-0.25, -0.2) is 4.79 Å². The van der Waals surface area contributed by atoms with Gasteiger partial charge in [-0.3, -0.25) is 43.2 Å². The predicted molar refractivity (Wildman–Crippen MR) is 389 cm³/mol. The SMILES string of the molecule is C=C(C)C(=O)OCC(O)COC(=O)C(C)(C)CC.CCC(C)(C)C(=O)O.CCC(C)(C)C(=O)O.CCC(C)(C)C(=O)OC.CCC(C)(C)C(=O)OCCO.CCC(C)(C)C(=O)OCc1ccccc1.CCC(C)(C)C(=O)OCc1ccccc1.CCC1(C(=O)OC)COCC(C)(C(=O)OC)C1. The van der Waals surface area contributed by atoms with Gasteiger partial charge in [-0.15, -0.1) is 0 Å². The molecule has 23 heteroatoms. The summed E-state index contributed by atoms with van der Waals surface area (Å²) < 4.78 is 44.5. The summed E-state index contributed by atoms with van der Waals surface area (Å²) in [6.07, 6.45) is 5.11. The quantitative estimate of drug-likeness (QED) is 0.0349. The van der Waals surface area contributed by atoms with E-state index >= 15 is 0 Å². The molecule has 1 heterocycles. The van der Waals surface area contributed by atoms with Crippen molar-refractivity contribution in [2.45, 2.75) is 243 Å². The van der Waals surface area contributed by atoms with Crippen LogP contribution in [-0.2, 0) is 104 Å². The lowest BCUT2D eigenvalue weighted by atomic mass is 9.69. The van der Waals surface area contributed by atoms with E-state index in [1.54, 1.807) is 48.5 Å². The Kier molecular flexibility index (Phi) is 50.9. The number of aliphatic hydroxyl groups is 2. The zero-order valence-electron chi connectivity index (χ0n) is 66.6. The number of esters is 8. The van der Waals surface area contributed by atoms with E-state index in [1.807, 2.05) is 171 Å². The highest BCUT2D eigenvalue weighted by Crippen LogP contribution is 2.43. The molecule has 0 bridgehead atoms. The highest BCUT2D eigenvalue weighted by molar-refractivity contribution is 5.87. The van der Waals surface area contributed by atoms with Gasteiger partial charge in [0.15, 0.2) is 0 Å². The largest absolute Gasteiger partial charge is 0.481 e. The number of hydrogen-bond acceptors (Lipinski definition) is 21. The zero-order chi connectivity index (χ0) is 80.0. The normalized spacial score (nSPS) is 15.1. The molecule has 1 aliphatic heterocycles. The van der Waals surface area contributed by atoms with Gasteiger partial charge in [0.2, 0.25) is 0 Å². The summed E-state index contributed by atoms with van der Waals surface area (Å²) in [4.78, 5) is 112. The van der Waals surface area contributed by atoms with Crippen molar-refractivity contribution in [3.8, 4) is 0 Å². The molecule has 0 aromatic heterocycles. The molecule has 0 aliphatic carbocycles. The Morgan fingerprint density at radius 2 is 0.782 bits per heavy atom. The van der Waals surface area contributed by atoms with Crippen molar-refractivity contribution in [3.05, 3.63) is 83.9 Å². The maximum absolute atomic E-state index is 11.9. The molecular formula is C78H132O23. The topological polar surface area (TPSA) is 335 Å². The van der Waals surface area contributed by atoms with Crippen molar-refractivity contribution in [1.82, 2.24) is 0 Å². The first kappa shape index (κ1) is 102. The number of carboxylic acid groups (broad SMARTS) is 2. The average Bonchev–Trinajstić information content (AvgIpc) is 0.777. The molecule has 23 nitrogen and oxygen atoms in total. The Labute approximate surface area is 605 Å². The highest BCUT2D eigenvalue weighted by atomic mass is 16.6. The van der Waals surface area contributed by atoms with E-state index in [0.29, 0.717) is 51.9 Å². The number of carbonyl (C=O) groups is 10. The van der Waals surface area contributed by atoms with Crippen molar-refractivity contribution >= 4 is 59.7 Å². The fourth-order valence-corrected chi connectivity index (χ4v) is 6.60. The van der Waals surface area contributed by atoms with Gasteiger partial charge in [-0.1, -0.05) is 123 Å². The minimum Gasteiger partial charge on any atom is -0.481 e. The van der Waals surface area contributed by atoms with E-state index in [-0.39, 0.29) is 96.6 Å². The van der Waals surface area contributed by atoms with E-state index in [1.165, 1.54) is 28.3 Å². The number of benzene rings is 2. The van der Waals surface area contributed by atoms with Gasteiger partial charge in [0.25, 0.3) is 0 Å². The fraction of sp³-hybridized carbons (Fsp3) is 0.692. The number of aliphatic carboxylic acids is 2. The number of rotatable bonds is 28. The molecule has 0 amide bonds.